The Hall–Kier alpha value is -4.45. The van der Waals surface area contributed by atoms with Gasteiger partial charge in [-0.25, -0.2) is 10.4 Å². The SMILES string of the molecule is COc1ccc(-c2cc(C(=O)N/N=C/c3c(C)[nH]c4ccc(C)cc34)c3ccccc3n2)cc1. The van der Waals surface area contributed by atoms with E-state index in [0.29, 0.717) is 11.3 Å². The van der Waals surface area contributed by atoms with Crippen LogP contribution in [-0.4, -0.2) is 29.2 Å². The molecule has 2 N–H and O–H groups in total. The Morgan fingerprint density at radius 3 is 2.59 bits per heavy atom. The number of benzene rings is 3. The highest BCUT2D eigenvalue weighted by atomic mass is 16.5. The molecule has 0 aliphatic heterocycles. The van der Waals surface area contributed by atoms with Gasteiger partial charge in [-0.05, 0) is 62.4 Å². The van der Waals surface area contributed by atoms with Gasteiger partial charge in [0.15, 0.2) is 0 Å². The number of pyridine rings is 1. The first-order valence-corrected chi connectivity index (χ1v) is 11.0. The maximum absolute atomic E-state index is 13.2. The number of rotatable bonds is 5. The van der Waals surface area contributed by atoms with Crippen LogP contribution in [0.1, 0.15) is 27.2 Å². The van der Waals surface area contributed by atoms with Crippen molar-refractivity contribution in [2.75, 3.05) is 7.11 Å². The maximum Gasteiger partial charge on any atom is 0.272 e. The number of ether oxygens (including phenoxy) is 1. The molecule has 3 aromatic carbocycles. The first-order valence-electron chi connectivity index (χ1n) is 11.0. The molecule has 0 radical (unpaired) electrons. The third-order valence-corrected chi connectivity index (χ3v) is 5.90. The molecule has 1 amide bonds. The van der Waals surface area contributed by atoms with Gasteiger partial charge in [-0.2, -0.15) is 5.10 Å². The van der Waals surface area contributed by atoms with Gasteiger partial charge in [0.1, 0.15) is 5.75 Å². The molecule has 0 aliphatic rings. The van der Waals surface area contributed by atoms with Crippen LogP contribution in [0.15, 0.2) is 77.9 Å². The minimum atomic E-state index is -0.293. The largest absolute Gasteiger partial charge is 0.497 e. The van der Waals surface area contributed by atoms with Crippen LogP contribution in [0.25, 0.3) is 33.1 Å². The summed E-state index contributed by atoms with van der Waals surface area (Å²) in [5, 5.41) is 6.13. The predicted octanol–water partition coefficient (Wildman–Crippen LogP) is 5.77. The second kappa shape index (κ2) is 8.83. The highest BCUT2D eigenvalue weighted by Crippen LogP contribution is 2.26. The van der Waals surface area contributed by atoms with E-state index in [9.17, 15) is 4.79 Å². The number of methoxy groups -OCH3 is 1. The number of aromatic amines is 1. The summed E-state index contributed by atoms with van der Waals surface area (Å²) in [7, 11) is 1.63. The van der Waals surface area contributed by atoms with Crippen molar-refractivity contribution in [2.24, 2.45) is 5.10 Å². The molecule has 0 aliphatic carbocycles. The number of amides is 1. The summed E-state index contributed by atoms with van der Waals surface area (Å²) in [4.78, 5) is 21.3. The van der Waals surface area contributed by atoms with Gasteiger partial charge in [0.25, 0.3) is 5.91 Å². The van der Waals surface area contributed by atoms with Gasteiger partial charge >= 0.3 is 0 Å². The molecule has 0 bridgehead atoms. The van der Waals surface area contributed by atoms with Crippen LogP contribution in [-0.2, 0) is 0 Å². The second-order valence-corrected chi connectivity index (χ2v) is 8.21. The number of H-pyrrole nitrogens is 1. The molecule has 0 unspecified atom stereocenters. The summed E-state index contributed by atoms with van der Waals surface area (Å²) < 4.78 is 5.25. The molecule has 0 fully saturated rings. The van der Waals surface area contributed by atoms with Gasteiger partial charge in [0.05, 0.1) is 30.1 Å². The lowest BCUT2D eigenvalue weighted by Crippen LogP contribution is -2.18. The van der Waals surface area contributed by atoms with Gasteiger partial charge in [0, 0.05) is 33.1 Å². The Kier molecular flexibility index (Phi) is 5.55. The number of aryl methyl sites for hydroxylation is 2. The number of hydrogen-bond acceptors (Lipinski definition) is 4. The Labute approximate surface area is 197 Å². The van der Waals surface area contributed by atoms with Gasteiger partial charge in [-0.1, -0.05) is 29.8 Å². The fourth-order valence-corrected chi connectivity index (χ4v) is 4.12. The molecule has 2 aromatic heterocycles. The summed E-state index contributed by atoms with van der Waals surface area (Å²) in [6.45, 7) is 4.05. The maximum atomic E-state index is 13.2. The molecule has 2 heterocycles. The molecule has 0 saturated carbocycles. The van der Waals surface area contributed by atoms with Crippen LogP contribution in [0.5, 0.6) is 5.75 Å². The van der Waals surface area contributed by atoms with Crippen molar-refractivity contribution in [3.8, 4) is 17.0 Å². The van der Waals surface area contributed by atoms with Crippen molar-refractivity contribution in [1.29, 1.82) is 0 Å². The predicted molar refractivity (Wildman–Crippen MR) is 137 cm³/mol. The van der Waals surface area contributed by atoms with Crippen LogP contribution >= 0.6 is 0 Å². The number of carbonyl (C=O) groups excluding carboxylic acids is 1. The third kappa shape index (κ3) is 4.01. The van der Waals surface area contributed by atoms with E-state index in [2.05, 4.69) is 40.6 Å². The van der Waals surface area contributed by atoms with Crippen molar-refractivity contribution in [2.45, 2.75) is 13.8 Å². The molecular weight excluding hydrogens is 424 g/mol. The Morgan fingerprint density at radius 1 is 1.00 bits per heavy atom. The first-order chi connectivity index (χ1) is 16.5. The zero-order valence-electron chi connectivity index (χ0n) is 19.2. The smallest absolute Gasteiger partial charge is 0.272 e. The normalized spacial score (nSPS) is 11.4. The fourth-order valence-electron chi connectivity index (χ4n) is 4.12. The molecule has 0 atom stereocenters. The zero-order chi connectivity index (χ0) is 23.7. The van der Waals surface area contributed by atoms with Crippen LogP contribution in [0.3, 0.4) is 0 Å². The summed E-state index contributed by atoms with van der Waals surface area (Å²) in [6.07, 6.45) is 1.69. The number of nitrogens with one attached hydrogen (secondary N) is 2. The minimum Gasteiger partial charge on any atom is -0.497 e. The number of fused-ring (bicyclic) bond motifs is 2. The Morgan fingerprint density at radius 2 is 1.79 bits per heavy atom. The highest BCUT2D eigenvalue weighted by Gasteiger charge is 2.14. The van der Waals surface area contributed by atoms with Crippen molar-refractivity contribution in [1.82, 2.24) is 15.4 Å². The topological polar surface area (TPSA) is 79.4 Å². The molecule has 0 spiro atoms. The zero-order valence-corrected chi connectivity index (χ0v) is 19.2. The van der Waals surface area contributed by atoms with Gasteiger partial charge in [-0.15, -0.1) is 0 Å². The fraction of sp³-hybridized carbons (Fsp3) is 0.107. The average molecular weight is 449 g/mol. The van der Waals surface area contributed by atoms with Crippen molar-refractivity contribution < 1.29 is 9.53 Å². The lowest BCUT2D eigenvalue weighted by atomic mass is 10.0. The minimum absolute atomic E-state index is 0.293. The van der Waals surface area contributed by atoms with Gasteiger partial charge in [0.2, 0.25) is 0 Å². The van der Waals surface area contributed by atoms with Crippen LogP contribution in [0.2, 0.25) is 0 Å². The van der Waals surface area contributed by atoms with Crippen LogP contribution in [0.4, 0.5) is 0 Å². The first kappa shape index (κ1) is 21.4. The van der Waals surface area contributed by atoms with E-state index in [-0.39, 0.29) is 5.91 Å². The number of carbonyl (C=O) groups is 1. The Balaban J connectivity index is 1.48. The number of para-hydroxylation sites is 1. The number of hydrazone groups is 1. The molecule has 34 heavy (non-hydrogen) atoms. The van der Waals surface area contributed by atoms with Crippen molar-refractivity contribution in [3.05, 3.63) is 95.2 Å². The van der Waals surface area contributed by atoms with Crippen molar-refractivity contribution >= 4 is 33.9 Å². The monoisotopic (exact) mass is 448 g/mol. The second-order valence-electron chi connectivity index (χ2n) is 8.21. The molecule has 6 heteroatoms. The van der Waals surface area contributed by atoms with Gasteiger partial charge < -0.3 is 9.72 Å². The van der Waals surface area contributed by atoms with Crippen LogP contribution < -0.4 is 10.2 Å². The molecular formula is C28H24N4O2. The molecule has 0 saturated heterocycles. The van der Waals surface area contributed by atoms with E-state index in [1.54, 1.807) is 19.4 Å². The highest BCUT2D eigenvalue weighted by molar-refractivity contribution is 6.08. The summed E-state index contributed by atoms with van der Waals surface area (Å²) in [6, 6.07) is 23.2. The van der Waals surface area contributed by atoms with E-state index in [0.717, 1.165) is 44.4 Å². The van der Waals surface area contributed by atoms with Crippen LogP contribution in [0, 0.1) is 13.8 Å². The Bertz CT molecular complexity index is 1550. The lowest BCUT2D eigenvalue weighted by molar-refractivity contribution is 0.0956. The summed E-state index contributed by atoms with van der Waals surface area (Å²) >= 11 is 0. The number of nitrogens with zero attached hydrogens (tertiary/aromatic N) is 2. The number of aromatic nitrogens is 2. The van der Waals surface area contributed by atoms with E-state index < -0.39 is 0 Å². The number of hydrogen-bond donors (Lipinski definition) is 2. The van der Waals surface area contributed by atoms with E-state index >= 15 is 0 Å². The molecule has 168 valence electrons. The lowest BCUT2D eigenvalue weighted by Gasteiger charge is -2.09. The van der Waals surface area contributed by atoms with E-state index in [1.165, 1.54) is 5.56 Å². The summed E-state index contributed by atoms with van der Waals surface area (Å²) in [5.74, 6) is 0.470. The van der Waals surface area contributed by atoms with Gasteiger partial charge in [-0.3, -0.25) is 4.79 Å². The molecule has 5 rings (SSSR count). The average Bonchev–Trinajstić information content (AvgIpc) is 3.17. The summed E-state index contributed by atoms with van der Waals surface area (Å²) in [5.41, 5.74) is 9.72. The molecule has 5 aromatic rings. The van der Waals surface area contributed by atoms with Crippen molar-refractivity contribution in [3.63, 3.8) is 0 Å². The standard InChI is InChI=1S/C28H24N4O2/c1-17-8-13-26-22(14-17)24(18(2)30-26)16-29-32-28(33)23-15-27(19-9-11-20(34-3)12-10-19)31-25-7-5-4-6-21(23)25/h4-16,30H,1-3H3,(H,32,33)/b29-16+. The quantitative estimate of drug-likeness (QED) is 0.264. The van der Waals surface area contributed by atoms with E-state index in [4.69, 9.17) is 9.72 Å². The third-order valence-electron chi connectivity index (χ3n) is 5.90. The van der Waals surface area contributed by atoms with E-state index in [1.807, 2.05) is 55.5 Å². The molecule has 6 nitrogen and oxygen atoms in total.